The molecule has 5 nitrogen and oxygen atoms in total. The molecule has 22 heavy (non-hydrogen) atoms. The standard InChI is InChI=1S/C17H24N2O3/c1-12(2)9-16(20)18-15-6-4-5-14(10-15)17(21)19-7-8-22-13(3)11-19/h4-6,10,12-13H,7-9,11H2,1-3H3,(H,18,20). The van der Waals surface area contributed by atoms with Crippen molar-refractivity contribution in [3.8, 4) is 0 Å². The Morgan fingerprint density at radius 3 is 2.86 bits per heavy atom. The second-order valence-electron chi connectivity index (χ2n) is 6.16. The van der Waals surface area contributed by atoms with Gasteiger partial charge in [0.1, 0.15) is 0 Å². The van der Waals surface area contributed by atoms with E-state index >= 15 is 0 Å². The Morgan fingerprint density at radius 2 is 2.18 bits per heavy atom. The van der Waals surface area contributed by atoms with Crippen LogP contribution in [0.15, 0.2) is 24.3 Å². The van der Waals surface area contributed by atoms with Gasteiger partial charge in [0.2, 0.25) is 5.91 Å². The predicted molar refractivity (Wildman–Crippen MR) is 85.8 cm³/mol. The molecule has 0 spiro atoms. The highest BCUT2D eigenvalue weighted by molar-refractivity contribution is 5.97. The molecule has 1 aliphatic heterocycles. The van der Waals surface area contributed by atoms with E-state index in [4.69, 9.17) is 4.74 Å². The zero-order valence-electron chi connectivity index (χ0n) is 13.5. The Balaban J connectivity index is 2.04. The monoisotopic (exact) mass is 304 g/mol. The fourth-order valence-electron chi connectivity index (χ4n) is 2.50. The molecule has 5 heteroatoms. The molecule has 1 N–H and O–H groups in total. The molecule has 0 bridgehead atoms. The van der Waals surface area contributed by atoms with E-state index < -0.39 is 0 Å². The van der Waals surface area contributed by atoms with E-state index in [-0.39, 0.29) is 17.9 Å². The van der Waals surface area contributed by atoms with E-state index in [9.17, 15) is 9.59 Å². The number of anilines is 1. The van der Waals surface area contributed by atoms with Gasteiger partial charge in [0.05, 0.1) is 12.7 Å². The molecule has 1 saturated heterocycles. The van der Waals surface area contributed by atoms with Gasteiger partial charge in [-0.25, -0.2) is 0 Å². The number of nitrogens with zero attached hydrogens (tertiary/aromatic N) is 1. The lowest BCUT2D eigenvalue weighted by Crippen LogP contribution is -2.44. The first-order chi connectivity index (χ1) is 10.5. The number of hydrogen-bond donors (Lipinski definition) is 1. The number of ether oxygens (including phenoxy) is 1. The van der Waals surface area contributed by atoms with Gasteiger partial charge in [0.15, 0.2) is 0 Å². The molecule has 120 valence electrons. The van der Waals surface area contributed by atoms with E-state index in [0.717, 1.165) is 0 Å². The van der Waals surface area contributed by atoms with Crippen molar-refractivity contribution in [3.63, 3.8) is 0 Å². The van der Waals surface area contributed by atoms with E-state index in [2.05, 4.69) is 5.32 Å². The van der Waals surface area contributed by atoms with Crippen molar-refractivity contribution in [1.29, 1.82) is 0 Å². The summed E-state index contributed by atoms with van der Waals surface area (Å²) in [5.74, 6) is 0.259. The van der Waals surface area contributed by atoms with Gasteiger partial charge in [-0.05, 0) is 31.0 Å². The average molecular weight is 304 g/mol. The summed E-state index contributed by atoms with van der Waals surface area (Å²) in [7, 11) is 0. The average Bonchev–Trinajstić information content (AvgIpc) is 2.45. The Kier molecular flexibility index (Phi) is 5.55. The molecule has 1 aromatic rings. The third-order valence-corrected chi connectivity index (χ3v) is 3.52. The highest BCUT2D eigenvalue weighted by Crippen LogP contribution is 2.15. The van der Waals surface area contributed by atoms with Gasteiger partial charge >= 0.3 is 0 Å². The molecule has 1 atom stereocenters. The molecule has 2 rings (SSSR count). The molecule has 0 aliphatic carbocycles. The maximum atomic E-state index is 12.5. The van der Waals surface area contributed by atoms with E-state index in [1.165, 1.54) is 0 Å². The summed E-state index contributed by atoms with van der Waals surface area (Å²) in [6.07, 6.45) is 0.533. The lowest BCUT2D eigenvalue weighted by atomic mass is 10.1. The summed E-state index contributed by atoms with van der Waals surface area (Å²) in [5.41, 5.74) is 1.26. The first-order valence-electron chi connectivity index (χ1n) is 7.76. The fourth-order valence-corrected chi connectivity index (χ4v) is 2.50. The summed E-state index contributed by atoms with van der Waals surface area (Å²) < 4.78 is 5.46. The predicted octanol–water partition coefficient (Wildman–Crippen LogP) is 2.53. The number of nitrogens with one attached hydrogen (secondary N) is 1. The van der Waals surface area contributed by atoms with Crippen LogP contribution >= 0.6 is 0 Å². The first kappa shape index (κ1) is 16.5. The molecular weight excluding hydrogens is 280 g/mol. The van der Waals surface area contributed by atoms with Crippen LogP contribution in [0.4, 0.5) is 5.69 Å². The minimum Gasteiger partial charge on any atom is -0.375 e. The number of hydrogen-bond acceptors (Lipinski definition) is 3. The minimum atomic E-state index is -0.0282. The van der Waals surface area contributed by atoms with Crippen LogP contribution in [0.3, 0.4) is 0 Å². The number of benzene rings is 1. The number of carbonyl (C=O) groups is 2. The molecule has 2 amide bonds. The highest BCUT2D eigenvalue weighted by atomic mass is 16.5. The van der Waals surface area contributed by atoms with Crippen molar-refractivity contribution in [2.45, 2.75) is 33.3 Å². The number of amides is 2. The molecule has 0 saturated carbocycles. The van der Waals surface area contributed by atoms with Crippen LogP contribution in [0.1, 0.15) is 37.6 Å². The van der Waals surface area contributed by atoms with Gasteiger partial charge < -0.3 is 15.0 Å². The van der Waals surface area contributed by atoms with Crippen LogP contribution in [0.2, 0.25) is 0 Å². The third kappa shape index (κ3) is 4.56. The molecule has 0 aromatic heterocycles. The molecule has 1 aromatic carbocycles. The number of morpholine rings is 1. The van der Waals surface area contributed by atoms with E-state index in [1.54, 1.807) is 29.2 Å². The molecule has 1 fully saturated rings. The highest BCUT2D eigenvalue weighted by Gasteiger charge is 2.22. The summed E-state index contributed by atoms with van der Waals surface area (Å²) in [5, 5.41) is 2.85. The van der Waals surface area contributed by atoms with Crippen LogP contribution in [0.5, 0.6) is 0 Å². The van der Waals surface area contributed by atoms with Crippen molar-refractivity contribution in [3.05, 3.63) is 29.8 Å². The van der Waals surface area contributed by atoms with Crippen molar-refractivity contribution < 1.29 is 14.3 Å². The van der Waals surface area contributed by atoms with Gasteiger partial charge in [-0.2, -0.15) is 0 Å². The normalized spacial score (nSPS) is 18.4. The Morgan fingerprint density at radius 1 is 1.41 bits per heavy atom. The van der Waals surface area contributed by atoms with E-state index in [0.29, 0.717) is 43.3 Å². The molecule has 1 heterocycles. The van der Waals surface area contributed by atoms with Gasteiger partial charge in [-0.1, -0.05) is 19.9 Å². The quantitative estimate of drug-likeness (QED) is 0.930. The van der Waals surface area contributed by atoms with Crippen molar-refractivity contribution >= 4 is 17.5 Å². The largest absolute Gasteiger partial charge is 0.375 e. The Bertz CT molecular complexity index is 542. The first-order valence-corrected chi connectivity index (χ1v) is 7.76. The second-order valence-corrected chi connectivity index (χ2v) is 6.16. The fraction of sp³-hybridized carbons (Fsp3) is 0.529. The molecule has 1 unspecified atom stereocenters. The zero-order valence-corrected chi connectivity index (χ0v) is 13.5. The number of carbonyl (C=O) groups excluding carboxylic acids is 2. The van der Waals surface area contributed by atoms with Crippen molar-refractivity contribution in [2.75, 3.05) is 25.0 Å². The van der Waals surface area contributed by atoms with Gasteiger partial charge in [0, 0.05) is 30.8 Å². The molecule has 0 radical (unpaired) electrons. The van der Waals surface area contributed by atoms with Crippen molar-refractivity contribution in [2.24, 2.45) is 5.92 Å². The maximum absolute atomic E-state index is 12.5. The Hall–Kier alpha value is -1.88. The van der Waals surface area contributed by atoms with Gasteiger partial charge in [-0.15, -0.1) is 0 Å². The zero-order chi connectivity index (χ0) is 16.1. The van der Waals surface area contributed by atoms with Crippen LogP contribution in [0.25, 0.3) is 0 Å². The lowest BCUT2D eigenvalue weighted by molar-refractivity contribution is -0.116. The van der Waals surface area contributed by atoms with Crippen LogP contribution in [-0.2, 0) is 9.53 Å². The number of rotatable bonds is 4. The smallest absolute Gasteiger partial charge is 0.254 e. The third-order valence-electron chi connectivity index (χ3n) is 3.52. The molecular formula is C17H24N2O3. The lowest BCUT2D eigenvalue weighted by Gasteiger charge is -2.31. The SMILES string of the molecule is CC(C)CC(=O)Nc1cccc(C(=O)N2CCOC(C)C2)c1. The second kappa shape index (κ2) is 7.40. The Labute approximate surface area is 131 Å². The van der Waals surface area contributed by atoms with Gasteiger partial charge in [0.25, 0.3) is 5.91 Å². The molecule has 1 aliphatic rings. The maximum Gasteiger partial charge on any atom is 0.254 e. The van der Waals surface area contributed by atoms with Crippen LogP contribution in [0, 0.1) is 5.92 Å². The van der Waals surface area contributed by atoms with Crippen molar-refractivity contribution in [1.82, 2.24) is 4.90 Å². The van der Waals surface area contributed by atoms with Crippen LogP contribution in [-0.4, -0.2) is 42.5 Å². The van der Waals surface area contributed by atoms with Crippen LogP contribution < -0.4 is 5.32 Å². The van der Waals surface area contributed by atoms with Gasteiger partial charge in [-0.3, -0.25) is 9.59 Å². The summed E-state index contributed by atoms with van der Waals surface area (Å²) in [4.78, 5) is 26.1. The topological polar surface area (TPSA) is 58.6 Å². The summed E-state index contributed by atoms with van der Waals surface area (Å²) in [6.45, 7) is 7.73. The summed E-state index contributed by atoms with van der Waals surface area (Å²) >= 11 is 0. The summed E-state index contributed by atoms with van der Waals surface area (Å²) in [6, 6.07) is 7.11. The van der Waals surface area contributed by atoms with E-state index in [1.807, 2.05) is 20.8 Å². The minimum absolute atomic E-state index is 0.0184.